The zero-order chi connectivity index (χ0) is 20.4. The summed E-state index contributed by atoms with van der Waals surface area (Å²) in [5.41, 5.74) is 7.51. The van der Waals surface area contributed by atoms with Gasteiger partial charge in [0.1, 0.15) is 22.2 Å². The molecule has 1 aliphatic heterocycles. The highest BCUT2D eigenvalue weighted by Gasteiger charge is 2.20. The molecule has 1 aromatic heterocycles. The lowest BCUT2D eigenvalue weighted by atomic mass is 10.1. The maximum atomic E-state index is 12.5. The van der Waals surface area contributed by atoms with Crippen molar-refractivity contribution in [2.45, 2.75) is 6.92 Å². The fourth-order valence-corrected chi connectivity index (χ4v) is 3.99. The summed E-state index contributed by atoms with van der Waals surface area (Å²) >= 11 is 7.26. The van der Waals surface area contributed by atoms with Crippen LogP contribution in [0.15, 0.2) is 54.1 Å². The van der Waals surface area contributed by atoms with Crippen LogP contribution in [0.5, 0.6) is 5.75 Å². The van der Waals surface area contributed by atoms with Crippen LogP contribution in [0.1, 0.15) is 20.9 Å². The first-order valence-corrected chi connectivity index (χ1v) is 9.97. The molecule has 0 saturated heterocycles. The first-order chi connectivity index (χ1) is 14.0. The minimum absolute atomic E-state index is 0.105. The molecule has 0 aliphatic carbocycles. The Bertz CT molecular complexity index is 1130. The number of rotatable bonds is 3. The number of hydrogen-bond donors (Lipinski definition) is 2. The number of ether oxygens (including phenoxy) is 1. The average Bonchev–Trinajstić information content (AvgIpc) is 3.13. The molecule has 0 unspecified atom stereocenters. The summed E-state index contributed by atoms with van der Waals surface area (Å²) in [5.74, 6) is -0.213. The molecule has 0 saturated carbocycles. The third-order valence-corrected chi connectivity index (χ3v) is 5.73. The Hall–Kier alpha value is -3.16. The maximum Gasteiger partial charge on any atom is 0.281 e. The van der Waals surface area contributed by atoms with Crippen LogP contribution in [0.2, 0.25) is 5.02 Å². The van der Waals surface area contributed by atoms with Crippen molar-refractivity contribution in [1.82, 2.24) is 15.8 Å². The average molecular weight is 426 g/mol. The Morgan fingerprint density at radius 3 is 2.66 bits per heavy atom. The van der Waals surface area contributed by atoms with Crippen molar-refractivity contribution >= 4 is 40.8 Å². The minimum atomic E-state index is -0.450. The van der Waals surface area contributed by atoms with Gasteiger partial charge in [-0.1, -0.05) is 41.9 Å². The number of halogens is 1. The summed E-state index contributed by atoms with van der Waals surface area (Å²) in [4.78, 5) is 29.8. The molecule has 2 aromatic carbocycles. The van der Waals surface area contributed by atoms with Gasteiger partial charge in [-0.3, -0.25) is 20.4 Å². The van der Waals surface area contributed by atoms with Crippen molar-refractivity contribution in [2.75, 3.05) is 6.61 Å². The van der Waals surface area contributed by atoms with Gasteiger partial charge in [0.05, 0.1) is 11.3 Å². The van der Waals surface area contributed by atoms with Crippen LogP contribution in [-0.4, -0.2) is 23.4 Å². The lowest BCUT2D eigenvalue weighted by molar-refractivity contribution is -0.118. The molecule has 3 aromatic rings. The Morgan fingerprint density at radius 2 is 1.86 bits per heavy atom. The molecule has 6 nitrogen and oxygen atoms in total. The van der Waals surface area contributed by atoms with Crippen molar-refractivity contribution in [3.63, 3.8) is 0 Å². The molecule has 29 heavy (non-hydrogen) atoms. The van der Waals surface area contributed by atoms with Crippen LogP contribution in [0.25, 0.3) is 16.6 Å². The summed E-state index contributed by atoms with van der Waals surface area (Å²) in [7, 11) is 0. The van der Waals surface area contributed by atoms with E-state index in [2.05, 4.69) is 15.8 Å². The maximum absolute atomic E-state index is 12.5. The summed E-state index contributed by atoms with van der Waals surface area (Å²) in [6.45, 7) is 1.87. The molecule has 0 atom stereocenters. The molecular formula is C21H16ClN3O3S. The second-order valence-corrected chi connectivity index (χ2v) is 7.78. The van der Waals surface area contributed by atoms with Crippen molar-refractivity contribution in [2.24, 2.45) is 0 Å². The monoisotopic (exact) mass is 425 g/mol. The standard InChI is InChI=1S/C21H16ClN3O3S/c1-12-18(29-21(23-12)13-5-3-2-4-6-13)20(27)25-24-19(26)15-9-14-10-16(22)7-8-17(14)28-11-15/h2-10H,11H2,1H3,(H,24,26)(H,25,27). The van der Waals surface area contributed by atoms with E-state index in [0.717, 1.165) is 10.6 Å². The number of benzene rings is 2. The Labute approximate surface area is 176 Å². The van der Waals surface area contributed by atoms with Crippen LogP contribution in [-0.2, 0) is 4.79 Å². The molecule has 0 radical (unpaired) electrons. The van der Waals surface area contributed by atoms with Crippen molar-refractivity contribution < 1.29 is 14.3 Å². The van der Waals surface area contributed by atoms with E-state index in [-0.39, 0.29) is 6.61 Å². The molecule has 2 N–H and O–H groups in total. The fraction of sp³-hybridized carbons (Fsp3) is 0.0952. The van der Waals surface area contributed by atoms with Gasteiger partial charge in [-0.05, 0) is 31.2 Å². The van der Waals surface area contributed by atoms with Crippen molar-refractivity contribution in [3.8, 4) is 16.3 Å². The number of amides is 2. The summed E-state index contributed by atoms with van der Waals surface area (Å²) < 4.78 is 5.57. The minimum Gasteiger partial charge on any atom is -0.488 e. The molecule has 4 rings (SSSR count). The normalized spacial score (nSPS) is 12.4. The molecule has 8 heteroatoms. The van der Waals surface area contributed by atoms with Gasteiger partial charge in [0, 0.05) is 16.1 Å². The highest BCUT2D eigenvalue weighted by atomic mass is 35.5. The van der Waals surface area contributed by atoms with E-state index in [4.69, 9.17) is 16.3 Å². The predicted molar refractivity (Wildman–Crippen MR) is 113 cm³/mol. The van der Waals surface area contributed by atoms with Crippen LogP contribution in [0, 0.1) is 6.92 Å². The number of aryl methyl sites for hydroxylation is 1. The molecule has 0 fully saturated rings. The van der Waals surface area contributed by atoms with Gasteiger partial charge in [0.25, 0.3) is 11.8 Å². The number of fused-ring (bicyclic) bond motifs is 1. The molecule has 2 heterocycles. The van der Waals surface area contributed by atoms with Crippen LogP contribution >= 0.6 is 22.9 Å². The molecule has 0 spiro atoms. The summed E-state index contributed by atoms with van der Waals surface area (Å²) in [6.07, 6.45) is 1.69. The Morgan fingerprint density at radius 1 is 1.10 bits per heavy atom. The molecule has 1 aliphatic rings. The van der Waals surface area contributed by atoms with Gasteiger partial charge in [-0.15, -0.1) is 11.3 Å². The summed E-state index contributed by atoms with van der Waals surface area (Å²) in [6, 6.07) is 14.8. The van der Waals surface area contributed by atoms with Crippen LogP contribution < -0.4 is 15.6 Å². The highest BCUT2D eigenvalue weighted by Crippen LogP contribution is 2.29. The third-order valence-electron chi connectivity index (χ3n) is 4.29. The van der Waals surface area contributed by atoms with E-state index < -0.39 is 11.8 Å². The second kappa shape index (κ2) is 8.06. The van der Waals surface area contributed by atoms with Crippen molar-refractivity contribution in [3.05, 3.63) is 75.3 Å². The number of carbonyl (C=O) groups is 2. The largest absolute Gasteiger partial charge is 0.488 e. The van der Waals surface area contributed by atoms with E-state index in [1.807, 2.05) is 30.3 Å². The van der Waals surface area contributed by atoms with E-state index in [9.17, 15) is 9.59 Å². The number of aromatic nitrogens is 1. The zero-order valence-corrected chi connectivity index (χ0v) is 16.9. The second-order valence-electron chi connectivity index (χ2n) is 6.35. The Balaban J connectivity index is 1.44. The van der Waals surface area contributed by atoms with Gasteiger partial charge in [-0.2, -0.15) is 0 Å². The molecular weight excluding hydrogens is 410 g/mol. The smallest absolute Gasteiger partial charge is 0.281 e. The Kier molecular flexibility index (Phi) is 5.33. The number of thiazole rings is 1. The topological polar surface area (TPSA) is 80.3 Å². The summed E-state index contributed by atoms with van der Waals surface area (Å²) in [5, 5.41) is 1.30. The number of hydrazine groups is 1. The van der Waals surface area contributed by atoms with Gasteiger partial charge in [0.15, 0.2) is 0 Å². The first-order valence-electron chi connectivity index (χ1n) is 8.78. The number of carbonyl (C=O) groups excluding carboxylic acids is 2. The van der Waals surface area contributed by atoms with Gasteiger partial charge in [-0.25, -0.2) is 4.98 Å². The van der Waals surface area contributed by atoms with Gasteiger partial charge in [0.2, 0.25) is 0 Å². The highest BCUT2D eigenvalue weighted by molar-refractivity contribution is 7.17. The van der Waals surface area contributed by atoms with E-state index >= 15 is 0 Å². The zero-order valence-electron chi connectivity index (χ0n) is 15.4. The number of hydrogen-bond acceptors (Lipinski definition) is 5. The van der Waals surface area contributed by atoms with E-state index in [1.54, 1.807) is 31.2 Å². The lowest BCUT2D eigenvalue weighted by Gasteiger charge is -2.17. The number of nitrogens with one attached hydrogen (secondary N) is 2. The third kappa shape index (κ3) is 4.16. The van der Waals surface area contributed by atoms with Gasteiger partial charge < -0.3 is 4.74 Å². The van der Waals surface area contributed by atoms with E-state index in [0.29, 0.717) is 32.5 Å². The van der Waals surface area contributed by atoms with Crippen molar-refractivity contribution in [1.29, 1.82) is 0 Å². The predicted octanol–water partition coefficient (Wildman–Crippen LogP) is 4.01. The first kappa shape index (κ1) is 19.2. The van der Waals surface area contributed by atoms with Crippen LogP contribution in [0.4, 0.5) is 0 Å². The lowest BCUT2D eigenvalue weighted by Crippen LogP contribution is -2.43. The van der Waals surface area contributed by atoms with E-state index in [1.165, 1.54) is 11.3 Å². The molecule has 146 valence electrons. The van der Waals surface area contributed by atoms with Gasteiger partial charge >= 0.3 is 0 Å². The fourth-order valence-electron chi connectivity index (χ4n) is 2.84. The molecule has 2 amide bonds. The quantitative estimate of drug-likeness (QED) is 0.621. The SMILES string of the molecule is Cc1nc(-c2ccccc2)sc1C(=O)NNC(=O)C1=Cc2cc(Cl)ccc2OC1. The van der Waals surface area contributed by atoms with Crippen LogP contribution in [0.3, 0.4) is 0 Å². The number of nitrogens with zero attached hydrogens (tertiary/aromatic N) is 1. The molecule has 0 bridgehead atoms.